The lowest BCUT2D eigenvalue weighted by molar-refractivity contribution is -0.116. The molecule has 21 heavy (non-hydrogen) atoms. The molecule has 0 saturated carbocycles. The predicted molar refractivity (Wildman–Crippen MR) is 83.2 cm³/mol. The molecule has 0 aromatic heterocycles. The van der Waals surface area contributed by atoms with Crippen LogP contribution in [0.4, 0.5) is 0 Å². The average molecular weight is 305 g/mol. The highest BCUT2D eigenvalue weighted by Gasteiger charge is 2.05. The molecule has 0 unspecified atom stereocenters. The van der Waals surface area contributed by atoms with Gasteiger partial charge in [0.25, 0.3) is 0 Å². The summed E-state index contributed by atoms with van der Waals surface area (Å²) in [6, 6.07) is 12.9. The Balaban J connectivity index is 2.03. The van der Waals surface area contributed by atoms with Crippen molar-refractivity contribution in [2.45, 2.75) is 20.0 Å². The van der Waals surface area contributed by atoms with E-state index >= 15 is 0 Å². The Labute approximate surface area is 129 Å². The lowest BCUT2D eigenvalue weighted by Gasteiger charge is -2.11. The van der Waals surface area contributed by atoms with Crippen LogP contribution >= 0.6 is 11.6 Å². The summed E-state index contributed by atoms with van der Waals surface area (Å²) in [5.41, 5.74) is 1.87. The van der Waals surface area contributed by atoms with E-state index in [0.717, 1.165) is 22.6 Å². The number of rotatable bonds is 6. The van der Waals surface area contributed by atoms with Crippen LogP contribution in [0.15, 0.2) is 42.5 Å². The van der Waals surface area contributed by atoms with E-state index < -0.39 is 0 Å². The van der Waals surface area contributed by atoms with Gasteiger partial charge in [-0.1, -0.05) is 23.7 Å². The van der Waals surface area contributed by atoms with Gasteiger partial charge >= 0.3 is 0 Å². The third-order valence-corrected chi connectivity index (χ3v) is 3.25. The number of carbonyl (C=O) groups excluding carboxylic acids is 1. The fourth-order valence-corrected chi connectivity index (χ4v) is 2.21. The highest BCUT2D eigenvalue weighted by atomic mass is 35.5. The predicted octanol–water partition coefficient (Wildman–Crippen LogP) is 4.06. The molecule has 0 radical (unpaired) electrons. The number of ether oxygens (including phenoxy) is 2. The van der Waals surface area contributed by atoms with Gasteiger partial charge in [-0.05, 0) is 42.8 Å². The number of methoxy groups -OCH3 is 1. The normalized spacial score (nSPS) is 10.2. The van der Waals surface area contributed by atoms with Crippen LogP contribution in [0.3, 0.4) is 0 Å². The number of hydrogen-bond donors (Lipinski definition) is 0. The average Bonchev–Trinajstić information content (AvgIpc) is 2.46. The molecule has 0 aliphatic heterocycles. The molecule has 2 aromatic rings. The van der Waals surface area contributed by atoms with E-state index in [0.29, 0.717) is 18.1 Å². The van der Waals surface area contributed by atoms with Gasteiger partial charge in [0.05, 0.1) is 7.11 Å². The van der Waals surface area contributed by atoms with Crippen molar-refractivity contribution in [3.05, 3.63) is 58.6 Å². The molecular weight excluding hydrogens is 288 g/mol. The molecule has 0 aliphatic rings. The molecule has 0 fully saturated rings. The van der Waals surface area contributed by atoms with Crippen LogP contribution in [0, 0.1) is 0 Å². The summed E-state index contributed by atoms with van der Waals surface area (Å²) in [6.07, 6.45) is 0.447. The van der Waals surface area contributed by atoms with Crippen molar-refractivity contribution in [2.75, 3.05) is 7.11 Å². The van der Waals surface area contributed by atoms with Gasteiger partial charge in [0, 0.05) is 17.0 Å². The zero-order valence-corrected chi connectivity index (χ0v) is 12.8. The van der Waals surface area contributed by atoms with Crippen molar-refractivity contribution in [1.29, 1.82) is 0 Å². The SMILES string of the molecule is COc1ccc(Cl)cc1COc1ccc(CC(C)=O)cc1. The zero-order valence-electron chi connectivity index (χ0n) is 12.1. The molecule has 0 spiro atoms. The maximum Gasteiger partial charge on any atom is 0.134 e. The smallest absolute Gasteiger partial charge is 0.134 e. The molecule has 0 N–H and O–H groups in total. The minimum atomic E-state index is 0.146. The first-order valence-electron chi connectivity index (χ1n) is 6.62. The molecule has 3 nitrogen and oxygen atoms in total. The summed E-state index contributed by atoms with van der Waals surface area (Å²) in [5, 5.41) is 0.645. The van der Waals surface area contributed by atoms with Crippen molar-refractivity contribution in [3.63, 3.8) is 0 Å². The molecule has 0 bridgehead atoms. The van der Waals surface area contributed by atoms with Gasteiger partial charge in [0.15, 0.2) is 0 Å². The Morgan fingerprint density at radius 3 is 2.48 bits per heavy atom. The zero-order chi connectivity index (χ0) is 15.2. The Morgan fingerprint density at radius 2 is 1.86 bits per heavy atom. The Kier molecular flexibility index (Phi) is 5.23. The van der Waals surface area contributed by atoms with Gasteiger partial charge in [0.1, 0.15) is 23.9 Å². The Hall–Kier alpha value is -2.00. The molecular formula is C17H17ClO3. The van der Waals surface area contributed by atoms with Crippen LogP contribution in [0.2, 0.25) is 5.02 Å². The standard InChI is InChI=1S/C17H17ClO3/c1-12(19)9-13-3-6-16(7-4-13)21-11-14-10-15(18)5-8-17(14)20-2/h3-8,10H,9,11H2,1-2H3. The largest absolute Gasteiger partial charge is 0.496 e. The van der Waals surface area contributed by atoms with E-state index in [-0.39, 0.29) is 5.78 Å². The van der Waals surface area contributed by atoms with Crippen molar-refractivity contribution >= 4 is 17.4 Å². The number of Topliss-reactive ketones (excluding diaryl/α,β-unsaturated/α-hetero) is 1. The van der Waals surface area contributed by atoms with E-state index in [1.165, 1.54) is 0 Å². The van der Waals surface area contributed by atoms with Crippen LogP contribution in [-0.4, -0.2) is 12.9 Å². The van der Waals surface area contributed by atoms with Crippen LogP contribution in [0.1, 0.15) is 18.1 Å². The summed E-state index contributed by atoms with van der Waals surface area (Å²) < 4.78 is 11.0. The maximum absolute atomic E-state index is 11.1. The van der Waals surface area contributed by atoms with E-state index in [1.807, 2.05) is 36.4 Å². The summed E-state index contributed by atoms with van der Waals surface area (Å²) in [7, 11) is 1.61. The maximum atomic E-state index is 11.1. The summed E-state index contributed by atoms with van der Waals surface area (Å²) >= 11 is 5.98. The minimum Gasteiger partial charge on any atom is -0.496 e. The van der Waals surface area contributed by atoms with E-state index in [9.17, 15) is 4.79 Å². The number of benzene rings is 2. The molecule has 110 valence electrons. The molecule has 4 heteroatoms. The third-order valence-electron chi connectivity index (χ3n) is 3.01. The highest BCUT2D eigenvalue weighted by molar-refractivity contribution is 6.30. The number of ketones is 1. The van der Waals surface area contributed by atoms with Gasteiger partial charge in [0.2, 0.25) is 0 Å². The first-order valence-corrected chi connectivity index (χ1v) is 7.00. The van der Waals surface area contributed by atoms with Crippen LogP contribution in [0.25, 0.3) is 0 Å². The Morgan fingerprint density at radius 1 is 1.14 bits per heavy atom. The lowest BCUT2D eigenvalue weighted by atomic mass is 10.1. The van der Waals surface area contributed by atoms with E-state index in [1.54, 1.807) is 20.1 Å². The van der Waals surface area contributed by atoms with E-state index in [4.69, 9.17) is 21.1 Å². The highest BCUT2D eigenvalue weighted by Crippen LogP contribution is 2.24. The fourth-order valence-electron chi connectivity index (χ4n) is 2.01. The van der Waals surface area contributed by atoms with Gasteiger partial charge in [-0.15, -0.1) is 0 Å². The van der Waals surface area contributed by atoms with Gasteiger partial charge in [-0.25, -0.2) is 0 Å². The molecule has 0 atom stereocenters. The molecule has 0 aliphatic carbocycles. The molecule has 2 aromatic carbocycles. The second-order valence-electron chi connectivity index (χ2n) is 4.77. The lowest BCUT2D eigenvalue weighted by Crippen LogP contribution is -1.99. The second-order valence-corrected chi connectivity index (χ2v) is 5.20. The quantitative estimate of drug-likeness (QED) is 0.807. The number of carbonyl (C=O) groups is 1. The van der Waals surface area contributed by atoms with Crippen molar-refractivity contribution in [1.82, 2.24) is 0 Å². The fraction of sp³-hybridized carbons (Fsp3) is 0.235. The molecule has 0 heterocycles. The Bertz CT molecular complexity index is 620. The van der Waals surface area contributed by atoms with Crippen molar-refractivity contribution in [2.24, 2.45) is 0 Å². The second kappa shape index (κ2) is 7.14. The first-order chi connectivity index (χ1) is 10.1. The van der Waals surface area contributed by atoms with Crippen LogP contribution in [0.5, 0.6) is 11.5 Å². The van der Waals surface area contributed by atoms with Crippen LogP contribution in [-0.2, 0) is 17.8 Å². The topological polar surface area (TPSA) is 35.5 Å². The molecule has 0 saturated heterocycles. The number of hydrogen-bond acceptors (Lipinski definition) is 3. The monoisotopic (exact) mass is 304 g/mol. The molecule has 2 rings (SSSR count). The van der Waals surface area contributed by atoms with Gasteiger partial charge in [-0.2, -0.15) is 0 Å². The van der Waals surface area contributed by atoms with Crippen molar-refractivity contribution < 1.29 is 14.3 Å². The summed E-state index contributed by atoms with van der Waals surface area (Å²) in [5.74, 6) is 1.63. The minimum absolute atomic E-state index is 0.146. The number of halogens is 1. The summed E-state index contributed by atoms with van der Waals surface area (Å²) in [6.45, 7) is 1.95. The van der Waals surface area contributed by atoms with Gasteiger partial charge in [-0.3, -0.25) is 4.79 Å². The van der Waals surface area contributed by atoms with Gasteiger partial charge < -0.3 is 9.47 Å². The summed E-state index contributed by atoms with van der Waals surface area (Å²) in [4.78, 5) is 11.1. The van der Waals surface area contributed by atoms with E-state index in [2.05, 4.69) is 0 Å². The third kappa shape index (κ3) is 4.50. The molecule has 0 amide bonds. The first kappa shape index (κ1) is 15.4. The van der Waals surface area contributed by atoms with Crippen molar-refractivity contribution in [3.8, 4) is 11.5 Å². The van der Waals surface area contributed by atoms with Crippen LogP contribution < -0.4 is 9.47 Å².